The Kier molecular flexibility index (Phi) is 3.12. The van der Waals surface area contributed by atoms with Crippen LogP contribution in [0.4, 0.5) is 18.0 Å². The van der Waals surface area contributed by atoms with Crippen LogP contribution in [0.1, 0.15) is 0 Å². The fourth-order valence-corrected chi connectivity index (χ4v) is 0.245. The summed E-state index contributed by atoms with van der Waals surface area (Å²) in [5, 5.41) is 0.422. The molecule has 0 aromatic heterocycles. The lowest BCUT2D eigenvalue weighted by Crippen LogP contribution is -2.35. The highest BCUT2D eigenvalue weighted by molar-refractivity contribution is 5.66. The average molecular weight is 172 g/mol. The first kappa shape index (κ1) is 10.0. The number of hydrogen-bond donors (Lipinski definition) is 1. The fraction of sp³-hybridized carbons (Fsp3) is 0.750. The summed E-state index contributed by atoms with van der Waals surface area (Å²) in [6.45, 7) is -1.62. The molecule has 0 aliphatic carbocycles. The maximum absolute atomic E-state index is 11.3. The molecule has 66 valence electrons. The van der Waals surface area contributed by atoms with Gasteiger partial charge in [-0.25, -0.2) is 15.6 Å². The normalized spacial score (nSPS) is 11.0. The predicted molar refractivity (Wildman–Crippen MR) is 29.4 cm³/mol. The number of halogens is 3. The zero-order valence-corrected chi connectivity index (χ0v) is 5.68. The van der Waals surface area contributed by atoms with Gasteiger partial charge < -0.3 is 4.74 Å². The van der Waals surface area contributed by atoms with Crippen molar-refractivity contribution >= 4 is 6.09 Å². The van der Waals surface area contributed by atoms with Crippen LogP contribution >= 0.6 is 0 Å². The van der Waals surface area contributed by atoms with Crippen molar-refractivity contribution in [2.24, 2.45) is 5.84 Å². The van der Waals surface area contributed by atoms with E-state index in [-0.39, 0.29) is 0 Å². The van der Waals surface area contributed by atoms with Crippen LogP contribution in [0.5, 0.6) is 0 Å². The fourth-order valence-electron chi connectivity index (χ4n) is 0.245. The highest BCUT2D eigenvalue weighted by Gasteiger charge is 2.29. The third kappa shape index (κ3) is 5.46. The Labute approximate surface area is 60.7 Å². The first-order valence-electron chi connectivity index (χ1n) is 2.55. The summed E-state index contributed by atoms with van der Waals surface area (Å²) in [6.07, 6.45) is -5.73. The van der Waals surface area contributed by atoms with Crippen LogP contribution in [0.15, 0.2) is 0 Å². The second kappa shape index (κ2) is 3.42. The van der Waals surface area contributed by atoms with Gasteiger partial charge in [0.05, 0.1) is 0 Å². The lowest BCUT2D eigenvalue weighted by molar-refractivity contribution is -0.162. The molecule has 11 heavy (non-hydrogen) atoms. The molecule has 0 saturated heterocycles. The Morgan fingerprint density at radius 3 is 2.36 bits per heavy atom. The molecule has 0 saturated carbocycles. The number of nitrogens with zero attached hydrogens (tertiary/aromatic N) is 1. The molecule has 2 N–H and O–H groups in total. The monoisotopic (exact) mass is 172 g/mol. The van der Waals surface area contributed by atoms with Crippen molar-refractivity contribution in [3.63, 3.8) is 0 Å². The molecular weight excluding hydrogens is 165 g/mol. The number of ether oxygens (including phenoxy) is 1. The number of hydrogen-bond acceptors (Lipinski definition) is 3. The summed E-state index contributed by atoms with van der Waals surface area (Å²) in [7, 11) is 1.08. The van der Waals surface area contributed by atoms with Crippen molar-refractivity contribution in [1.82, 2.24) is 5.01 Å². The van der Waals surface area contributed by atoms with Gasteiger partial charge in [0.2, 0.25) is 0 Å². The van der Waals surface area contributed by atoms with E-state index in [4.69, 9.17) is 5.84 Å². The molecule has 4 nitrogen and oxygen atoms in total. The van der Waals surface area contributed by atoms with Crippen LogP contribution in [-0.4, -0.2) is 30.9 Å². The van der Waals surface area contributed by atoms with E-state index in [1.165, 1.54) is 0 Å². The molecule has 0 unspecified atom stereocenters. The van der Waals surface area contributed by atoms with Gasteiger partial charge in [-0.3, -0.25) is 0 Å². The van der Waals surface area contributed by atoms with Gasteiger partial charge in [-0.1, -0.05) is 0 Å². The van der Waals surface area contributed by atoms with Gasteiger partial charge in [0, 0.05) is 7.05 Å². The van der Waals surface area contributed by atoms with E-state index in [1.54, 1.807) is 0 Å². The third-order valence-electron chi connectivity index (χ3n) is 0.647. The van der Waals surface area contributed by atoms with Gasteiger partial charge in [-0.05, 0) is 0 Å². The number of hydrazine groups is 1. The van der Waals surface area contributed by atoms with Gasteiger partial charge in [-0.15, -0.1) is 0 Å². The smallest absolute Gasteiger partial charge is 0.424 e. The van der Waals surface area contributed by atoms with Crippen molar-refractivity contribution in [3.8, 4) is 0 Å². The lowest BCUT2D eigenvalue weighted by atomic mass is 10.7. The average Bonchev–Trinajstić information content (AvgIpc) is 1.80. The maximum atomic E-state index is 11.3. The minimum atomic E-state index is -4.51. The van der Waals surface area contributed by atoms with Crippen LogP contribution in [-0.2, 0) is 4.74 Å². The number of rotatable bonds is 1. The van der Waals surface area contributed by atoms with E-state index in [2.05, 4.69) is 4.74 Å². The Balaban J connectivity index is 3.64. The molecule has 0 heterocycles. The van der Waals surface area contributed by atoms with Crippen LogP contribution < -0.4 is 5.84 Å². The largest absolute Gasteiger partial charge is 0.439 e. The Bertz CT molecular complexity index is 145. The number of carbonyl (C=O) groups excluding carboxylic acids is 1. The molecule has 0 aliphatic heterocycles. The summed E-state index contributed by atoms with van der Waals surface area (Å²) in [4.78, 5) is 10.3. The number of alkyl halides is 3. The van der Waals surface area contributed by atoms with Crippen LogP contribution in [0.2, 0.25) is 0 Å². The van der Waals surface area contributed by atoms with Gasteiger partial charge in [0.25, 0.3) is 0 Å². The van der Waals surface area contributed by atoms with Gasteiger partial charge in [0.15, 0.2) is 6.61 Å². The van der Waals surface area contributed by atoms with E-state index in [0.717, 1.165) is 7.05 Å². The van der Waals surface area contributed by atoms with Gasteiger partial charge in [-0.2, -0.15) is 13.2 Å². The first-order chi connectivity index (χ1) is 4.83. The maximum Gasteiger partial charge on any atom is 0.424 e. The molecule has 0 spiro atoms. The van der Waals surface area contributed by atoms with E-state index >= 15 is 0 Å². The molecule has 0 atom stereocenters. The first-order valence-corrected chi connectivity index (χ1v) is 2.55. The van der Waals surface area contributed by atoms with Crippen LogP contribution in [0.3, 0.4) is 0 Å². The minimum absolute atomic E-state index is 0.422. The molecular formula is C4H7F3N2O2. The van der Waals surface area contributed by atoms with E-state index in [9.17, 15) is 18.0 Å². The molecule has 0 aromatic carbocycles. The highest BCUT2D eigenvalue weighted by atomic mass is 19.4. The van der Waals surface area contributed by atoms with Crippen LogP contribution in [0.25, 0.3) is 0 Å². The van der Waals surface area contributed by atoms with Crippen molar-refractivity contribution in [3.05, 3.63) is 0 Å². The Morgan fingerprint density at radius 2 is 2.09 bits per heavy atom. The Morgan fingerprint density at radius 1 is 1.64 bits per heavy atom. The number of nitrogens with two attached hydrogens (primary N) is 1. The predicted octanol–water partition coefficient (Wildman–Crippen LogP) is 0.491. The zero-order valence-electron chi connectivity index (χ0n) is 5.68. The minimum Gasteiger partial charge on any atom is -0.439 e. The SMILES string of the molecule is CN(N)C(=O)OCC(F)(F)F. The van der Waals surface area contributed by atoms with E-state index in [0.29, 0.717) is 5.01 Å². The molecule has 0 bridgehead atoms. The second-order valence-corrected chi connectivity index (χ2v) is 1.78. The molecule has 1 amide bonds. The van der Waals surface area contributed by atoms with Crippen molar-refractivity contribution in [2.45, 2.75) is 6.18 Å². The molecule has 7 heteroatoms. The zero-order chi connectivity index (χ0) is 9.07. The second-order valence-electron chi connectivity index (χ2n) is 1.78. The molecule has 0 aliphatic rings. The molecule has 0 aromatic rings. The van der Waals surface area contributed by atoms with Crippen molar-refractivity contribution in [1.29, 1.82) is 0 Å². The summed E-state index contributed by atoms with van der Waals surface area (Å²) in [6, 6.07) is 0. The van der Waals surface area contributed by atoms with Gasteiger partial charge in [0.1, 0.15) is 0 Å². The highest BCUT2D eigenvalue weighted by Crippen LogP contribution is 2.14. The number of amides is 1. The quantitative estimate of drug-likeness (QED) is 0.355. The number of carbonyl (C=O) groups is 1. The topological polar surface area (TPSA) is 55.6 Å². The van der Waals surface area contributed by atoms with Crippen molar-refractivity contribution < 1.29 is 22.7 Å². The summed E-state index contributed by atoms with van der Waals surface area (Å²) < 4.78 is 37.7. The standard InChI is InChI=1S/C4H7F3N2O2/c1-9(8)3(10)11-2-4(5,6)7/h2,8H2,1H3. The van der Waals surface area contributed by atoms with Gasteiger partial charge >= 0.3 is 12.3 Å². The Hall–Kier alpha value is -0.980. The van der Waals surface area contributed by atoms with E-state index in [1.807, 2.05) is 0 Å². The summed E-state index contributed by atoms with van der Waals surface area (Å²) in [5.74, 6) is 4.76. The third-order valence-corrected chi connectivity index (χ3v) is 0.647. The molecule has 0 radical (unpaired) electrons. The molecule has 0 rings (SSSR count). The summed E-state index contributed by atoms with van der Waals surface area (Å²) in [5.41, 5.74) is 0. The van der Waals surface area contributed by atoms with Crippen molar-refractivity contribution in [2.75, 3.05) is 13.7 Å². The molecule has 0 fully saturated rings. The van der Waals surface area contributed by atoms with E-state index < -0.39 is 18.9 Å². The summed E-state index contributed by atoms with van der Waals surface area (Å²) >= 11 is 0. The van der Waals surface area contributed by atoms with Crippen LogP contribution in [0, 0.1) is 0 Å². The lowest BCUT2D eigenvalue weighted by Gasteiger charge is -2.11.